The molecule has 0 radical (unpaired) electrons. The Bertz CT molecular complexity index is 790. The number of halogens is 1. The van der Waals surface area contributed by atoms with Gasteiger partial charge in [0, 0.05) is 22.7 Å². The number of phenolic OH excluding ortho intramolecular Hbond substituents is 1. The van der Waals surface area contributed by atoms with E-state index in [0.717, 1.165) is 34.1 Å². The van der Waals surface area contributed by atoms with Crippen LogP contribution in [0.1, 0.15) is 24.0 Å². The summed E-state index contributed by atoms with van der Waals surface area (Å²) >= 11 is 3.44. The third kappa shape index (κ3) is 4.25. The van der Waals surface area contributed by atoms with Gasteiger partial charge in [0.1, 0.15) is 0 Å². The first-order chi connectivity index (χ1) is 12.0. The molecule has 0 saturated heterocycles. The summed E-state index contributed by atoms with van der Waals surface area (Å²) in [4.78, 5) is 14.6. The van der Waals surface area contributed by atoms with E-state index in [9.17, 15) is 9.90 Å². The second-order valence-corrected chi connectivity index (χ2v) is 7.17. The lowest BCUT2D eigenvalue weighted by Crippen LogP contribution is -2.36. The maximum absolute atomic E-state index is 12.8. The highest BCUT2D eigenvalue weighted by Gasteiger charge is 2.33. The molecule has 25 heavy (non-hydrogen) atoms. The van der Waals surface area contributed by atoms with E-state index in [1.807, 2.05) is 36.1 Å². The van der Waals surface area contributed by atoms with E-state index in [1.165, 1.54) is 7.11 Å². The SMILES string of the molecule is COc1cc(CN(C(=O)Nc2cc(Br)ccc2C)C2CC2)ccc1O. The molecule has 0 aromatic heterocycles. The van der Waals surface area contributed by atoms with Crippen molar-refractivity contribution >= 4 is 27.6 Å². The molecule has 0 heterocycles. The van der Waals surface area contributed by atoms with Gasteiger partial charge >= 0.3 is 6.03 Å². The van der Waals surface area contributed by atoms with Crippen LogP contribution in [-0.2, 0) is 6.54 Å². The minimum absolute atomic E-state index is 0.0958. The van der Waals surface area contributed by atoms with Crippen molar-refractivity contribution in [2.45, 2.75) is 32.4 Å². The molecule has 6 heteroatoms. The van der Waals surface area contributed by atoms with E-state index in [1.54, 1.807) is 12.1 Å². The van der Waals surface area contributed by atoms with Crippen LogP contribution in [0, 0.1) is 6.92 Å². The smallest absolute Gasteiger partial charge is 0.322 e. The first-order valence-corrected chi connectivity index (χ1v) is 8.97. The maximum atomic E-state index is 12.8. The van der Waals surface area contributed by atoms with Crippen LogP contribution in [0.3, 0.4) is 0 Å². The summed E-state index contributed by atoms with van der Waals surface area (Å²) < 4.78 is 6.08. The van der Waals surface area contributed by atoms with Gasteiger partial charge in [0.05, 0.1) is 7.11 Å². The lowest BCUT2D eigenvalue weighted by Gasteiger charge is -2.24. The van der Waals surface area contributed by atoms with Crippen molar-refractivity contribution in [1.82, 2.24) is 4.90 Å². The Morgan fingerprint density at radius 2 is 2.08 bits per heavy atom. The zero-order valence-electron chi connectivity index (χ0n) is 14.3. The second-order valence-electron chi connectivity index (χ2n) is 6.25. The molecule has 3 rings (SSSR count). The van der Waals surface area contributed by atoms with Crippen LogP contribution in [0.25, 0.3) is 0 Å². The molecule has 1 aliphatic carbocycles. The molecule has 1 saturated carbocycles. The Hall–Kier alpha value is -2.21. The Kier molecular flexibility index (Phi) is 5.18. The van der Waals surface area contributed by atoms with Gasteiger partial charge in [-0.15, -0.1) is 0 Å². The zero-order valence-corrected chi connectivity index (χ0v) is 15.8. The van der Waals surface area contributed by atoms with Crippen LogP contribution in [-0.4, -0.2) is 29.2 Å². The first-order valence-electron chi connectivity index (χ1n) is 8.17. The Morgan fingerprint density at radius 1 is 1.32 bits per heavy atom. The fraction of sp³-hybridized carbons (Fsp3) is 0.316. The van der Waals surface area contributed by atoms with Crippen molar-refractivity contribution in [2.24, 2.45) is 0 Å². The third-order valence-electron chi connectivity index (χ3n) is 4.29. The molecule has 132 valence electrons. The molecule has 0 spiro atoms. The standard InChI is InChI=1S/C19H21BrN2O3/c1-12-3-5-14(20)10-16(12)21-19(24)22(15-6-7-15)11-13-4-8-17(23)18(9-13)25-2/h3-5,8-10,15,23H,6-7,11H2,1-2H3,(H,21,24). The lowest BCUT2D eigenvalue weighted by atomic mass is 10.2. The van der Waals surface area contributed by atoms with Crippen LogP contribution in [0.2, 0.25) is 0 Å². The van der Waals surface area contributed by atoms with Gasteiger partial charge in [0.25, 0.3) is 0 Å². The zero-order chi connectivity index (χ0) is 18.0. The highest BCUT2D eigenvalue weighted by atomic mass is 79.9. The van der Waals surface area contributed by atoms with Gasteiger partial charge in [-0.25, -0.2) is 4.79 Å². The number of hydrogen-bond acceptors (Lipinski definition) is 3. The van der Waals surface area contributed by atoms with Gasteiger partial charge in [-0.05, 0) is 55.2 Å². The number of anilines is 1. The van der Waals surface area contributed by atoms with Gasteiger partial charge < -0.3 is 20.1 Å². The van der Waals surface area contributed by atoms with Crippen molar-refractivity contribution in [1.29, 1.82) is 0 Å². The van der Waals surface area contributed by atoms with Gasteiger partial charge in [-0.3, -0.25) is 0 Å². The van der Waals surface area contributed by atoms with Crippen LogP contribution in [0.15, 0.2) is 40.9 Å². The molecule has 2 amide bonds. The maximum Gasteiger partial charge on any atom is 0.322 e. The van der Waals surface area contributed by atoms with Gasteiger partial charge in [0.2, 0.25) is 0 Å². The second kappa shape index (κ2) is 7.35. The summed E-state index contributed by atoms with van der Waals surface area (Å²) in [5.74, 6) is 0.509. The van der Waals surface area contributed by atoms with Crippen molar-refractivity contribution < 1.29 is 14.6 Å². The highest BCUT2D eigenvalue weighted by Crippen LogP contribution is 2.32. The topological polar surface area (TPSA) is 61.8 Å². The summed E-state index contributed by atoms with van der Waals surface area (Å²) in [6.45, 7) is 2.44. The number of ether oxygens (including phenoxy) is 1. The van der Waals surface area contributed by atoms with Gasteiger partial charge in [-0.1, -0.05) is 28.1 Å². The Labute approximate surface area is 155 Å². The van der Waals surface area contributed by atoms with E-state index in [2.05, 4.69) is 21.2 Å². The summed E-state index contributed by atoms with van der Waals surface area (Å²) in [7, 11) is 1.51. The number of aryl methyl sites for hydroxylation is 1. The number of nitrogens with zero attached hydrogens (tertiary/aromatic N) is 1. The molecule has 2 aromatic carbocycles. The van der Waals surface area contributed by atoms with Crippen LogP contribution in [0.5, 0.6) is 11.5 Å². The summed E-state index contributed by atoms with van der Waals surface area (Å²) in [6, 6.07) is 11.1. The molecule has 0 aliphatic heterocycles. The number of amides is 2. The number of benzene rings is 2. The minimum atomic E-state index is -0.115. The number of carbonyl (C=O) groups excluding carboxylic acids is 1. The largest absolute Gasteiger partial charge is 0.504 e. The third-order valence-corrected chi connectivity index (χ3v) is 4.78. The number of aromatic hydroxyl groups is 1. The first kappa shape index (κ1) is 17.6. The van der Waals surface area contributed by atoms with Crippen molar-refractivity contribution in [3.05, 3.63) is 52.0 Å². The lowest BCUT2D eigenvalue weighted by molar-refractivity contribution is 0.206. The highest BCUT2D eigenvalue weighted by molar-refractivity contribution is 9.10. The molecule has 0 bridgehead atoms. The molecular weight excluding hydrogens is 384 g/mol. The number of methoxy groups -OCH3 is 1. The van der Waals surface area contributed by atoms with Crippen molar-refractivity contribution in [2.75, 3.05) is 12.4 Å². The fourth-order valence-electron chi connectivity index (χ4n) is 2.69. The predicted octanol–water partition coefficient (Wildman–Crippen LogP) is 4.67. The van der Waals surface area contributed by atoms with Gasteiger partial charge in [0.15, 0.2) is 11.5 Å². The molecule has 0 atom stereocenters. The monoisotopic (exact) mass is 404 g/mol. The molecule has 0 unspecified atom stereocenters. The summed E-state index contributed by atoms with van der Waals surface area (Å²) in [6.07, 6.45) is 2.03. The summed E-state index contributed by atoms with van der Waals surface area (Å²) in [5, 5.41) is 12.7. The Morgan fingerprint density at radius 3 is 2.76 bits per heavy atom. The molecule has 1 aliphatic rings. The van der Waals surface area contributed by atoms with E-state index in [4.69, 9.17) is 4.74 Å². The number of hydrogen-bond donors (Lipinski definition) is 2. The molecule has 2 aromatic rings. The average Bonchev–Trinajstić information content (AvgIpc) is 3.42. The number of rotatable bonds is 5. The van der Waals surface area contributed by atoms with Gasteiger partial charge in [-0.2, -0.15) is 0 Å². The molecule has 5 nitrogen and oxygen atoms in total. The molecule has 2 N–H and O–H groups in total. The van der Waals surface area contributed by atoms with Crippen LogP contribution in [0.4, 0.5) is 10.5 Å². The fourth-order valence-corrected chi connectivity index (χ4v) is 3.05. The van der Waals surface area contributed by atoms with Crippen LogP contribution >= 0.6 is 15.9 Å². The normalized spacial score (nSPS) is 13.4. The average molecular weight is 405 g/mol. The molecular formula is C19H21BrN2O3. The predicted molar refractivity (Wildman–Crippen MR) is 101 cm³/mol. The van der Waals surface area contributed by atoms with E-state index in [-0.39, 0.29) is 17.8 Å². The van der Waals surface area contributed by atoms with E-state index < -0.39 is 0 Å². The summed E-state index contributed by atoms with van der Waals surface area (Å²) in [5.41, 5.74) is 2.73. The number of carbonyl (C=O) groups is 1. The quantitative estimate of drug-likeness (QED) is 0.760. The number of phenols is 1. The molecule has 1 fully saturated rings. The van der Waals surface area contributed by atoms with Crippen molar-refractivity contribution in [3.8, 4) is 11.5 Å². The van der Waals surface area contributed by atoms with E-state index >= 15 is 0 Å². The van der Waals surface area contributed by atoms with E-state index in [0.29, 0.717) is 12.3 Å². The van der Waals surface area contributed by atoms with Crippen LogP contribution < -0.4 is 10.1 Å². The number of nitrogens with one attached hydrogen (secondary N) is 1. The van der Waals surface area contributed by atoms with Crippen molar-refractivity contribution in [3.63, 3.8) is 0 Å². The number of urea groups is 1. The Balaban J connectivity index is 1.77. The minimum Gasteiger partial charge on any atom is -0.504 e.